The van der Waals surface area contributed by atoms with E-state index in [1.165, 1.54) is 6.92 Å². The van der Waals surface area contributed by atoms with Gasteiger partial charge in [0.25, 0.3) is 0 Å². The van der Waals surface area contributed by atoms with Gasteiger partial charge in [0.2, 0.25) is 11.8 Å². The fourth-order valence-electron chi connectivity index (χ4n) is 2.09. The molecule has 2 aromatic carbocycles. The van der Waals surface area contributed by atoms with E-state index in [4.69, 9.17) is 11.6 Å². The van der Waals surface area contributed by atoms with Crippen LogP contribution in [0.4, 0.5) is 11.4 Å². The fraction of sp³-hybridized carbons (Fsp3) is 0.176. The normalized spacial score (nSPS) is 10.2. The predicted octanol–water partition coefficient (Wildman–Crippen LogP) is 4.48. The molecule has 120 valence electrons. The maximum Gasteiger partial charge on any atom is 0.226 e. The van der Waals surface area contributed by atoms with Crippen LogP contribution in [0.3, 0.4) is 0 Å². The molecular formula is C17H16BrClN2O2. The first-order valence-electron chi connectivity index (χ1n) is 7.05. The molecule has 0 aliphatic heterocycles. The molecule has 0 atom stereocenters. The summed E-state index contributed by atoms with van der Waals surface area (Å²) < 4.78 is 0.891. The molecule has 0 bridgehead atoms. The van der Waals surface area contributed by atoms with Crippen molar-refractivity contribution in [2.75, 3.05) is 16.8 Å². The van der Waals surface area contributed by atoms with E-state index < -0.39 is 0 Å². The van der Waals surface area contributed by atoms with Gasteiger partial charge < -0.3 is 10.2 Å². The number of anilines is 2. The van der Waals surface area contributed by atoms with E-state index in [2.05, 4.69) is 21.2 Å². The first kappa shape index (κ1) is 17.5. The van der Waals surface area contributed by atoms with Crippen LogP contribution in [0, 0.1) is 0 Å². The number of carbonyl (C=O) groups is 2. The second-order valence-corrected chi connectivity index (χ2v) is 6.31. The Bertz CT molecular complexity index is 704. The number of amides is 2. The predicted molar refractivity (Wildman–Crippen MR) is 96.9 cm³/mol. The van der Waals surface area contributed by atoms with Gasteiger partial charge >= 0.3 is 0 Å². The Hall–Kier alpha value is -1.85. The van der Waals surface area contributed by atoms with Crippen LogP contribution in [0.2, 0.25) is 5.02 Å². The summed E-state index contributed by atoms with van der Waals surface area (Å²) in [5, 5.41) is 3.41. The van der Waals surface area contributed by atoms with Crippen LogP contribution < -0.4 is 10.2 Å². The first-order chi connectivity index (χ1) is 11.0. The zero-order valence-electron chi connectivity index (χ0n) is 12.6. The van der Waals surface area contributed by atoms with Gasteiger partial charge in [-0.05, 0) is 42.5 Å². The lowest BCUT2D eigenvalue weighted by molar-refractivity contribution is -0.117. The summed E-state index contributed by atoms with van der Waals surface area (Å²) in [6.07, 6.45) is 0.203. The second-order valence-electron chi connectivity index (χ2n) is 4.96. The minimum absolute atomic E-state index is 0.123. The first-order valence-corrected chi connectivity index (χ1v) is 8.22. The lowest BCUT2D eigenvalue weighted by atomic mass is 10.2. The zero-order valence-corrected chi connectivity index (χ0v) is 14.9. The Morgan fingerprint density at radius 3 is 2.48 bits per heavy atom. The molecule has 0 aliphatic rings. The highest BCUT2D eigenvalue weighted by atomic mass is 79.9. The molecule has 6 heteroatoms. The van der Waals surface area contributed by atoms with Crippen LogP contribution in [-0.4, -0.2) is 18.4 Å². The Labute approximate surface area is 148 Å². The van der Waals surface area contributed by atoms with E-state index in [0.717, 1.165) is 10.2 Å². The lowest BCUT2D eigenvalue weighted by Gasteiger charge is -2.21. The van der Waals surface area contributed by atoms with Crippen LogP contribution in [0.25, 0.3) is 0 Å². The number of hydrogen-bond acceptors (Lipinski definition) is 2. The van der Waals surface area contributed by atoms with E-state index in [0.29, 0.717) is 17.3 Å². The molecular weight excluding hydrogens is 380 g/mol. The number of benzene rings is 2. The van der Waals surface area contributed by atoms with Crippen molar-refractivity contribution >= 4 is 50.7 Å². The van der Waals surface area contributed by atoms with Crippen LogP contribution in [0.1, 0.15) is 13.3 Å². The van der Waals surface area contributed by atoms with Gasteiger partial charge in [-0.25, -0.2) is 0 Å². The molecule has 1 N–H and O–H groups in total. The summed E-state index contributed by atoms with van der Waals surface area (Å²) in [6, 6.07) is 14.3. The SMILES string of the molecule is CC(=O)N(CCC(=O)Nc1cccc(Br)c1)c1ccc(Cl)cc1. The van der Waals surface area contributed by atoms with Gasteiger partial charge in [0, 0.05) is 40.8 Å². The Kier molecular flexibility index (Phi) is 6.19. The summed E-state index contributed by atoms with van der Waals surface area (Å²) in [5.41, 5.74) is 1.43. The minimum Gasteiger partial charge on any atom is -0.326 e. The summed E-state index contributed by atoms with van der Waals surface area (Å²) in [4.78, 5) is 25.4. The average Bonchev–Trinajstić information content (AvgIpc) is 2.49. The minimum atomic E-state index is -0.150. The van der Waals surface area contributed by atoms with Gasteiger partial charge in [0.15, 0.2) is 0 Å². The van der Waals surface area contributed by atoms with Crippen molar-refractivity contribution in [3.8, 4) is 0 Å². The summed E-state index contributed by atoms with van der Waals surface area (Å²) in [6.45, 7) is 1.78. The van der Waals surface area contributed by atoms with Crippen LogP contribution in [-0.2, 0) is 9.59 Å². The second kappa shape index (κ2) is 8.13. The summed E-state index contributed by atoms with van der Waals surface area (Å²) in [5.74, 6) is -0.272. The smallest absolute Gasteiger partial charge is 0.226 e. The summed E-state index contributed by atoms with van der Waals surface area (Å²) >= 11 is 9.21. The van der Waals surface area contributed by atoms with E-state index in [9.17, 15) is 9.59 Å². The van der Waals surface area contributed by atoms with Gasteiger partial charge in [-0.1, -0.05) is 33.6 Å². The number of nitrogens with zero attached hydrogens (tertiary/aromatic N) is 1. The summed E-state index contributed by atoms with van der Waals surface area (Å²) in [7, 11) is 0. The largest absolute Gasteiger partial charge is 0.326 e. The number of carbonyl (C=O) groups excluding carboxylic acids is 2. The monoisotopic (exact) mass is 394 g/mol. The van der Waals surface area contributed by atoms with Crippen LogP contribution >= 0.6 is 27.5 Å². The zero-order chi connectivity index (χ0) is 16.8. The standard InChI is InChI=1S/C17H16BrClN2O2/c1-12(22)21(16-7-5-14(19)6-8-16)10-9-17(23)20-15-4-2-3-13(18)11-15/h2-8,11H,9-10H2,1H3,(H,20,23). The lowest BCUT2D eigenvalue weighted by Crippen LogP contribution is -2.31. The van der Waals surface area contributed by atoms with Crippen molar-refractivity contribution in [2.45, 2.75) is 13.3 Å². The average molecular weight is 396 g/mol. The van der Waals surface area contributed by atoms with Crippen molar-refractivity contribution in [1.82, 2.24) is 0 Å². The molecule has 0 saturated heterocycles. The molecule has 4 nitrogen and oxygen atoms in total. The van der Waals surface area contributed by atoms with Gasteiger partial charge in [-0.2, -0.15) is 0 Å². The van der Waals surface area contributed by atoms with E-state index in [1.54, 1.807) is 29.2 Å². The van der Waals surface area contributed by atoms with Crippen molar-refractivity contribution in [3.63, 3.8) is 0 Å². The van der Waals surface area contributed by atoms with Gasteiger partial charge in [0.05, 0.1) is 0 Å². The number of rotatable bonds is 5. The number of halogens is 2. The Balaban J connectivity index is 1.97. The molecule has 0 unspecified atom stereocenters. The molecule has 0 aliphatic carbocycles. The van der Waals surface area contributed by atoms with Gasteiger partial charge in [-0.15, -0.1) is 0 Å². The molecule has 0 saturated carbocycles. The van der Waals surface area contributed by atoms with E-state index in [1.807, 2.05) is 24.3 Å². The number of nitrogens with one attached hydrogen (secondary N) is 1. The van der Waals surface area contributed by atoms with Crippen molar-refractivity contribution in [1.29, 1.82) is 0 Å². The van der Waals surface area contributed by atoms with E-state index >= 15 is 0 Å². The maximum absolute atomic E-state index is 12.1. The highest BCUT2D eigenvalue weighted by Crippen LogP contribution is 2.19. The molecule has 0 radical (unpaired) electrons. The van der Waals surface area contributed by atoms with Gasteiger partial charge in [-0.3, -0.25) is 9.59 Å². The van der Waals surface area contributed by atoms with Crippen molar-refractivity contribution in [2.24, 2.45) is 0 Å². The molecule has 2 aromatic rings. The third kappa shape index (κ3) is 5.37. The third-order valence-corrected chi connectivity index (χ3v) is 3.93. The molecule has 0 aromatic heterocycles. The highest BCUT2D eigenvalue weighted by molar-refractivity contribution is 9.10. The third-order valence-electron chi connectivity index (χ3n) is 3.19. The van der Waals surface area contributed by atoms with Crippen LogP contribution in [0.5, 0.6) is 0 Å². The van der Waals surface area contributed by atoms with Crippen molar-refractivity contribution in [3.05, 3.63) is 58.0 Å². The molecule has 2 rings (SSSR count). The number of hydrogen-bond donors (Lipinski definition) is 1. The van der Waals surface area contributed by atoms with Crippen molar-refractivity contribution < 1.29 is 9.59 Å². The Morgan fingerprint density at radius 2 is 1.87 bits per heavy atom. The Morgan fingerprint density at radius 1 is 1.17 bits per heavy atom. The molecule has 0 spiro atoms. The molecule has 23 heavy (non-hydrogen) atoms. The fourth-order valence-corrected chi connectivity index (χ4v) is 2.62. The quantitative estimate of drug-likeness (QED) is 0.811. The molecule has 0 heterocycles. The van der Waals surface area contributed by atoms with Crippen LogP contribution in [0.15, 0.2) is 53.0 Å². The van der Waals surface area contributed by atoms with E-state index in [-0.39, 0.29) is 18.2 Å². The molecule has 2 amide bonds. The van der Waals surface area contributed by atoms with Gasteiger partial charge in [0.1, 0.15) is 0 Å². The highest BCUT2D eigenvalue weighted by Gasteiger charge is 2.13. The topological polar surface area (TPSA) is 49.4 Å². The molecule has 0 fully saturated rings. The maximum atomic E-state index is 12.1.